The number of hydrogen-bond donors (Lipinski definition) is 1. The fourth-order valence-corrected chi connectivity index (χ4v) is 3.07. The topological polar surface area (TPSA) is 15.3 Å². The van der Waals surface area contributed by atoms with Crippen molar-refractivity contribution in [3.63, 3.8) is 0 Å². The quantitative estimate of drug-likeness (QED) is 0.814. The summed E-state index contributed by atoms with van der Waals surface area (Å²) in [6.07, 6.45) is 3.70. The van der Waals surface area contributed by atoms with Gasteiger partial charge in [0.05, 0.1) is 0 Å². The number of benzene rings is 1. The average molecular weight is 295 g/mol. The molecule has 0 radical (unpaired) electrons. The standard InChI is InChI=1S/C17H27ClN2/c1-3-10-19-17(15-4-6-16(18)7-5-15)9-12-20-11-8-14(2)13-20/h4-7,14,17,19H,3,8-13H2,1-2H3. The molecule has 0 saturated carbocycles. The summed E-state index contributed by atoms with van der Waals surface area (Å²) >= 11 is 5.99. The molecule has 2 rings (SSSR count). The molecule has 0 spiro atoms. The molecule has 1 aromatic rings. The molecule has 1 heterocycles. The second-order valence-corrected chi connectivity index (χ2v) is 6.48. The van der Waals surface area contributed by atoms with Gasteiger partial charge in [0.1, 0.15) is 0 Å². The Balaban J connectivity index is 1.91. The minimum absolute atomic E-state index is 0.447. The van der Waals surface area contributed by atoms with Crippen LogP contribution in [0.25, 0.3) is 0 Å². The van der Waals surface area contributed by atoms with Crippen molar-refractivity contribution in [2.75, 3.05) is 26.2 Å². The van der Waals surface area contributed by atoms with Crippen molar-refractivity contribution in [3.05, 3.63) is 34.9 Å². The summed E-state index contributed by atoms with van der Waals surface area (Å²) in [5.41, 5.74) is 1.36. The fraction of sp³-hybridized carbons (Fsp3) is 0.647. The highest BCUT2D eigenvalue weighted by atomic mass is 35.5. The van der Waals surface area contributed by atoms with Crippen molar-refractivity contribution in [1.82, 2.24) is 10.2 Å². The number of rotatable bonds is 7. The number of nitrogens with zero attached hydrogens (tertiary/aromatic N) is 1. The van der Waals surface area contributed by atoms with Gasteiger partial charge >= 0.3 is 0 Å². The van der Waals surface area contributed by atoms with Crippen LogP contribution < -0.4 is 5.32 Å². The van der Waals surface area contributed by atoms with Crippen LogP contribution in [0.4, 0.5) is 0 Å². The Labute approximate surface area is 128 Å². The normalized spacial score (nSPS) is 21.2. The molecular weight excluding hydrogens is 268 g/mol. The maximum Gasteiger partial charge on any atom is 0.0406 e. The lowest BCUT2D eigenvalue weighted by Gasteiger charge is -2.23. The van der Waals surface area contributed by atoms with Crippen LogP contribution >= 0.6 is 11.6 Å². The van der Waals surface area contributed by atoms with E-state index in [1.807, 2.05) is 12.1 Å². The first-order chi connectivity index (χ1) is 9.69. The van der Waals surface area contributed by atoms with Crippen molar-refractivity contribution in [1.29, 1.82) is 0 Å². The molecule has 2 nitrogen and oxygen atoms in total. The summed E-state index contributed by atoms with van der Waals surface area (Å²) in [5, 5.41) is 4.49. The minimum atomic E-state index is 0.447. The molecule has 1 aromatic carbocycles. The lowest BCUT2D eigenvalue weighted by Crippen LogP contribution is -2.28. The Morgan fingerprint density at radius 3 is 2.70 bits per heavy atom. The molecular formula is C17H27ClN2. The summed E-state index contributed by atoms with van der Waals surface area (Å²) in [5.74, 6) is 0.868. The van der Waals surface area contributed by atoms with Gasteiger partial charge in [-0.05, 0) is 62.5 Å². The summed E-state index contributed by atoms with van der Waals surface area (Å²) < 4.78 is 0. The van der Waals surface area contributed by atoms with Crippen LogP contribution in [0.2, 0.25) is 5.02 Å². The van der Waals surface area contributed by atoms with Crippen molar-refractivity contribution in [2.24, 2.45) is 5.92 Å². The van der Waals surface area contributed by atoms with Crippen molar-refractivity contribution < 1.29 is 0 Å². The first kappa shape index (κ1) is 15.8. The third-order valence-corrected chi connectivity index (χ3v) is 4.41. The van der Waals surface area contributed by atoms with Gasteiger partial charge in [-0.15, -0.1) is 0 Å². The highest BCUT2D eigenvalue weighted by Gasteiger charge is 2.20. The Bertz CT molecular complexity index is 390. The number of nitrogens with one attached hydrogen (secondary N) is 1. The van der Waals surface area contributed by atoms with E-state index < -0.39 is 0 Å². The van der Waals surface area contributed by atoms with Gasteiger partial charge in [0.25, 0.3) is 0 Å². The summed E-state index contributed by atoms with van der Waals surface area (Å²) in [7, 11) is 0. The molecule has 112 valence electrons. The van der Waals surface area contributed by atoms with Gasteiger partial charge in [0.2, 0.25) is 0 Å². The van der Waals surface area contributed by atoms with Crippen molar-refractivity contribution in [2.45, 2.75) is 39.2 Å². The van der Waals surface area contributed by atoms with Crippen LogP contribution in [0, 0.1) is 5.92 Å². The second kappa shape index (κ2) is 8.02. The molecule has 0 aromatic heterocycles. The molecule has 1 saturated heterocycles. The van der Waals surface area contributed by atoms with Gasteiger partial charge in [-0.3, -0.25) is 0 Å². The van der Waals surface area contributed by atoms with E-state index in [4.69, 9.17) is 11.6 Å². The maximum absolute atomic E-state index is 5.99. The van der Waals surface area contributed by atoms with Crippen molar-refractivity contribution >= 4 is 11.6 Å². The monoisotopic (exact) mass is 294 g/mol. The van der Waals surface area contributed by atoms with Gasteiger partial charge < -0.3 is 10.2 Å². The van der Waals surface area contributed by atoms with Crippen LogP contribution in [0.15, 0.2) is 24.3 Å². The third-order valence-electron chi connectivity index (χ3n) is 4.16. The van der Waals surface area contributed by atoms with E-state index in [0.29, 0.717) is 6.04 Å². The smallest absolute Gasteiger partial charge is 0.0406 e. The fourth-order valence-electron chi connectivity index (χ4n) is 2.94. The van der Waals surface area contributed by atoms with E-state index in [2.05, 4.69) is 36.2 Å². The summed E-state index contributed by atoms with van der Waals surface area (Å²) in [4.78, 5) is 2.60. The van der Waals surface area contributed by atoms with Crippen molar-refractivity contribution in [3.8, 4) is 0 Å². The first-order valence-electron chi connectivity index (χ1n) is 7.90. The van der Waals surface area contributed by atoms with Gasteiger partial charge in [-0.25, -0.2) is 0 Å². The number of likely N-dealkylation sites (tertiary alicyclic amines) is 1. The molecule has 3 heteroatoms. The van der Waals surface area contributed by atoms with Crippen LogP contribution in [-0.2, 0) is 0 Å². The first-order valence-corrected chi connectivity index (χ1v) is 8.28. The SMILES string of the molecule is CCCNC(CCN1CCC(C)C1)c1ccc(Cl)cc1. The van der Waals surface area contributed by atoms with E-state index in [9.17, 15) is 0 Å². The van der Waals surface area contributed by atoms with Crippen LogP contribution in [0.3, 0.4) is 0 Å². The Morgan fingerprint density at radius 2 is 2.10 bits per heavy atom. The van der Waals surface area contributed by atoms with E-state index in [-0.39, 0.29) is 0 Å². The molecule has 1 aliphatic heterocycles. The number of hydrogen-bond acceptors (Lipinski definition) is 2. The minimum Gasteiger partial charge on any atom is -0.310 e. The van der Waals surface area contributed by atoms with Crippen LogP contribution in [-0.4, -0.2) is 31.1 Å². The van der Waals surface area contributed by atoms with Crippen LogP contribution in [0.1, 0.15) is 44.7 Å². The molecule has 1 fully saturated rings. The molecule has 0 bridgehead atoms. The highest BCUT2D eigenvalue weighted by Crippen LogP contribution is 2.22. The van der Waals surface area contributed by atoms with Gasteiger partial charge in [-0.1, -0.05) is 37.6 Å². The van der Waals surface area contributed by atoms with Gasteiger partial charge in [-0.2, -0.15) is 0 Å². The summed E-state index contributed by atoms with van der Waals surface area (Å²) in [6, 6.07) is 8.75. The zero-order chi connectivity index (χ0) is 14.4. The summed E-state index contributed by atoms with van der Waals surface area (Å²) in [6.45, 7) is 9.36. The lowest BCUT2D eigenvalue weighted by atomic mass is 10.0. The lowest BCUT2D eigenvalue weighted by molar-refractivity contribution is 0.302. The predicted octanol–water partition coefficient (Wildman–Crippen LogP) is 4.11. The Morgan fingerprint density at radius 1 is 1.35 bits per heavy atom. The third kappa shape index (κ3) is 4.76. The van der Waals surface area contributed by atoms with Crippen LogP contribution in [0.5, 0.6) is 0 Å². The molecule has 0 amide bonds. The van der Waals surface area contributed by atoms with Gasteiger partial charge in [0.15, 0.2) is 0 Å². The zero-order valence-corrected chi connectivity index (χ0v) is 13.5. The van der Waals surface area contributed by atoms with E-state index in [1.54, 1.807) is 0 Å². The molecule has 0 aliphatic carbocycles. The maximum atomic E-state index is 5.99. The molecule has 2 atom stereocenters. The molecule has 2 unspecified atom stereocenters. The van der Waals surface area contributed by atoms with E-state index in [0.717, 1.165) is 17.5 Å². The average Bonchev–Trinajstić information content (AvgIpc) is 2.86. The van der Waals surface area contributed by atoms with Gasteiger partial charge in [0, 0.05) is 17.6 Å². The molecule has 20 heavy (non-hydrogen) atoms. The predicted molar refractivity (Wildman–Crippen MR) is 87.3 cm³/mol. The Kier molecular flexibility index (Phi) is 6.34. The highest BCUT2D eigenvalue weighted by molar-refractivity contribution is 6.30. The van der Waals surface area contributed by atoms with E-state index in [1.165, 1.54) is 44.5 Å². The zero-order valence-electron chi connectivity index (χ0n) is 12.7. The Hall–Kier alpha value is -0.570. The molecule has 1 N–H and O–H groups in total. The largest absolute Gasteiger partial charge is 0.310 e. The molecule has 1 aliphatic rings. The van der Waals surface area contributed by atoms with E-state index >= 15 is 0 Å². The number of halogens is 1. The second-order valence-electron chi connectivity index (χ2n) is 6.04.